The van der Waals surface area contributed by atoms with E-state index in [0.717, 1.165) is 0 Å². The van der Waals surface area contributed by atoms with Gasteiger partial charge in [-0.2, -0.15) is 0 Å². The summed E-state index contributed by atoms with van der Waals surface area (Å²) in [5, 5.41) is 0. The zero-order valence-corrected chi connectivity index (χ0v) is 6.58. The Labute approximate surface area is 70.6 Å². The minimum absolute atomic E-state index is 0. The summed E-state index contributed by atoms with van der Waals surface area (Å²) in [6.45, 7) is 6.49. The van der Waals surface area contributed by atoms with E-state index in [9.17, 15) is 0 Å². The molecule has 0 saturated carbocycles. The van der Waals surface area contributed by atoms with Gasteiger partial charge in [-0.05, 0) is 11.8 Å². The van der Waals surface area contributed by atoms with E-state index in [2.05, 4.69) is 37.0 Å². The predicted molar refractivity (Wildman–Crippen MR) is 47.1 cm³/mol. The van der Waals surface area contributed by atoms with Gasteiger partial charge in [-0.25, -0.2) is 0 Å². The summed E-state index contributed by atoms with van der Waals surface area (Å²) >= 11 is 0. The maximum atomic E-state index is 4.93. The third-order valence-corrected chi connectivity index (χ3v) is 1.38. The van der Waals surface area contributed by atoms with Crippen molar-refractivity contribution in [1.82, 2.24) is 0 Å². The van der Waals surface area contributed by atoms with E-state index in [1.165, 1.54) is 0 Å². The van der Waals surface area contributed by atoms with Crippen LogP contribution in [0.15, 0.2) is 0 Å². The van der Waals surface area contributed by atoms with Gasteiger partial charge in [0, 0.05) is 0 Å². The third-order valence-electron chi connectivity index (χ3n) is 0.510. The van der Waals surface area contributed by atoms with Crippen molar-refractivity contribution >= 4 is 26.9 Å². The van der Waals surface area contributed by atoms with Crippen molar-refractivity contribution in [2.45, 2.75) is 19.6 Å². The summed E-state index contributed by atoms with van der Waals surface area (Å²) in [7, 11) is -1.18. The Morgan fingerprint density at radius 1 is 1.22 bits per heavy atom. The van der Waals surface area contributed by atoms with E-state index in [1.807, 2.05) is 0 Å². The van der Waals surface area contributed by atoms with Crippen LogP contribution < -0.4 is 0 Å². The van der Waals surface area contributed by atoms with Crippen LogP contribution in [0.4, 0.5) is 0 Å². The molecule has 2 heteroatoms. The van der Waals surface area contributed by atoms with Gasteiger partial charge in [0.15, 0.2) is 0 Å². The summed E-state index contributed by atoms with van der Waals surface area (Å²) in [5.74, 6) is 4.93. The second-order valence-corrected chi connectivity index (χ2v) is 7.39. The zero-order valence-electron chi connectivity index (χ0n) is 5.58. The van der Waals surface area contributed by atoms with Gasteiger partial charge in [-0.15, -0.1) is 12.0 Å². The first-order chi connectivity index (χ1) is 3.56. The van der Waals surface area contributed by atoms with Crippen LogP contribution in [-0.4, -0.2) is 26.9 Å². The minimum atomic E-state index is -1.18. The molecule has 0 radical (unpaired) electrons. The molecule has 0 aromatic heterocycles. The molecule has 9 heavy (non-hydrogen) atoms. The normalized spacial score (nSPS) is 7.78. The molecule has 0 unspecified atom stereocenters. The van der Waals surface area contributed by atoms with E-state index in [0.29, 0.717) is 0 Å². The Morgan fingerprint density at radius 3 is 1.78 bits per heavy atom. The van der Waals surface area contributed by atoms with Gasteiger partial charge in [0.05, 0.1) is 0 Å². The molecule has 0 amide bonds. The van der Waals surface area contributed by atoms with Gasteiger partial charge >= 0.3 is 18.9 Å². The van der Waals surface area contributed by atoms with Crippen LogP contribution in [0.3, 0.4) is 0 Å². The van der Waals surface area contributed by atoms with Crippen molar-refractivity contribution < 1.29 is 0 Å². The van der Waals surface area contributed by atoms with Crippen molar-refractivity contribution in [3.8, 4) is 23.8 Å². The molecule has 0 rings (SSSR count). The molecule has 0 bridgehead atoms. The molecule has 0 aliphatic heterocycles. The average Bonchev–Trinajstić information content (AvgIpc) is 1.59. The monoisotopic (exact) mass is 130 g/mol. The van der Waals surface area contributed by atoms with E-state index in [1.54, 1.807) is 0 Å². The van der Waals surface area contributed by atoms with Gasteiger partial charge in [-0.1, -0.05) is 19.6 Å². The van der Waals surface area contributed by atoms with Crippen LogP contribution in [0.2, 0.25) is 19.6 Å². The molecule has 0 heterocycles. The quantitative estimate of drug-likeness (QED) is 0.337. The summed E-state index contributed by atoms with van der Waals surface area (Å²) in [5.41, 5.74) is 3.02. The molecule has 0 aliphatic carbocycles. The van der Waals surface area contributed by atoms with Crippen LogP contribution in [0.1, 0.15) is 0 Å². The van der Waals surface area contributed by atoms with Gasteiger partial charge in [0.1, 0.15) is 8.07 Å². The summed E-state index contributed by atoms with van der Waals surface area (Å²) in [6.07, 6.45) is 4.93. The number of hydrogen-bond donors (Lipinski definition) is 0. The molecule has 0 N–H and O–H groups in total. The molecule has 44 valence electrons. The molecule has 0 nitrogen and oxygen atoms in total. The van der Waals surface area contributed by atoms with Gasteiger partial charge in [0.25, 0.3) is 0 Å². The molecule has 0 fully saturated rings. The molecule has 0 saturated heterocycles. The molecule has 0 spiro atoms. The molecule has 0 atom stereocenters. The van der Waals surface area contributed by atoms with Crippen molar-refractivity contribution in [3.05, 3.63) is 0 Å². The standard InChI is InChI=1S/C7H10Si.Li.H/c1-5-6-7-8(2,3)4;;/h1H,2-4H3;;. The topological polar surface area (TPSA) is 0 Å². The van der Waals surface area contributed by atoms with Crippen LogP contribution >= 0.6 is 0 Å². The first-order valence-corrected chi connectivity index (χ1v) is 6.04. The van der Waals surface area contributed by atoms with E-state index in [-0.39, 0.29) is 18.9 Å². The maximum absolute atomic E-state index is 4.93. The predicted octanol–water partition coefficient (Wildman–Crippen LogP) is 0.852. The summed E-state index contributed by atoms with van der Waals surface area (Å²) in [4.78, 5) is 0. The zero-order chi connectivity index (χ0) is 6.62. The third kappa shape index (κ3) is 11.5. The molecular formula is C7H11LiSi. The molecular weight excluding hydrogens is 119 g/mol. The van der Waals surface area contributed by atoms with Crippen molar-refractivity contribution in [2.75, 3.05) is 0 Å². The van der Waals surface area contributed by atoms with Gasteiger partial charge < -0.3 is 0 Å². The summed E-state index contributed by atoms with van der Waals surface area (Å²) in [6, 6.07) is 0. The first kappa shape index (κ1) is 11.7. The fourth-order valence-corrected chi connectivity index (χ4v) is 0.671. The number of terminal acetylenes is 1. The van der Waals surface area contributed by atoms with Gasteiger partial charge in [-0.3, -0.25) is 0 Å². The fraction of sp³-hybridized carbons (Fsp3) is 0.429. The molecule has 0 aromatic carbocycles. The van der Waals surface area contributed by atoms with E-state index >= 15 is 0 Å². The van der Waals surface area contributed by atoms with Crippen LogP contribution in [0, 0.1) is 23.8 Å². The van der Waals surface area contributed by atoms with Crippen LogP contribution in [0.5, 0.6) is 0 Å². The van der Waals surface area contributed by atoms with Crippen LogP contribution in [-0.2, 0) is 0 Å². The Balaban J connectivity index is 0. The number of hydrogen-bond acceptors (Lipinski definition) is 0. The fourth-order valence-electron chi connectivity index (χ4n) is 0.224. The Hall–Kier alpha value is -0.0657. The Morgan fingerprint density at radius 2 is 1.67 bits per heavy atom. The Bertz CT molecular complexity index is 160. The number of rotatable bonds is 0. The summed E-state index contributed by atoms with van der Waals surface area (Å²) < 4.78 is 0. The SMILES string of the molecule is C#CC#C[Si](C)(C)C.[LiH]. The Kier molecular flexibility index (Phi) is 6.21. The first-order valence-electron chi connectivity index (χ1n) is 2.54. The van der Waals surface area contributed by atoms with Crippen molar-refractivity contribution in [3.63, 3.8) is 0 Å². The van der Waals surface area contributed by atoms with Crippen molar-refractivity contribution in [1.29, 1.82) is 0 Å². The van der Waals surface area contributed by atoms with E-state index < -0.39 is 8.07 Å². The second-order valence-electron chi connectivity index (χ2n) is 2.64. The average molecular weight is 130 g/mol. The van der Waals surface area contributed by atoms with Gasteiger partial charge in [0.2, 0.25) is 0 Å². The molecule has 0 aromatic rings. The second kappa shape index (κ2) is 4.78. The van der Waals surface area contributed by atoms with Crippen molar-refractivity contribution in [2.24, 2.45) is 0 Å². The van der Waals surface area contributed by atoms with E-state index in [4.69, 9.17) is 6.42 Å². The van der Waals surface area contributed by atoms with Crippen LogP contribution in [0.25, 0.3) is 0 Å². The molecule has 0 aliphatic rings.